The molecule has 2 heterocycles. The van der Waals surface area contributed by atoms with Crippen molar-refractivity contribution in [3.05, 3.63) is 29.7 Å². The molecule has 124 valence electrons. The van der Waals surface area contributed by atoms with Gasteiger partial charge in [-0.1, -0.05) is 5.57 Å². The molecule has 1 fully saturated rings. The van der Waals surface area contributed by atoms with Crippen LogP contribution in [0.4, 0.5) is 0 Å². The van der Waals surface area contributed by atoms with Crippen LogP contribution in [0.25, 0.3) is 6.08 Å². The lowest BCUT2D eigenvalue weighted by Gasteiger charge is -2.33. The molecule has 0 spiro atoms. The topological polar surface area (TPSA) is 71.8 Å². The fraction of sp³-hybridized carbons (Fsp3) is 0.600. The molecule has 1 aliphatic rings. The smallest absolute Gasteiger partial charge is 0.208 e. The largest absolute Gasteiger partial charge is 0.465 e. The first-order valence-corrected chi connectivity index (χ1v) is 9.31. The van der Waals surface area contributed by atoms with Gasteiger partial charge in [0.1, 0.15) is 5.76 Å². The van der Waals surface area contributed by atoms with E-state index in [4.69, 9.17) is 9.15 Å². The molecule has 0 unspecified atom stereocenters. The normalized spacial score (nSPS) is 21.2. The predicted molar refractivity (Wildman–Crippen MR) is 86.0 cm³/mol. The number of nitrogens with one attached hydrogen (secondary N) is 1. The van der Waals surface area contributed by atoms with E-state index in [1.807, 2.05) is 18.2 Å². The quantitative estimate of drug-likeness (QED) is 0.817. The summed E-state index contributed by atoms with van der Waals surface area (Å²) in [7, 11) is -3.13. The summed E-state index contributed by atoms with van der Waals surface area (Å²) in [6, 6.07) is 3.81. The van der Waals surface area contributed by atoms with Gasteiger partial charge in [0.05, 0.1) is 25.2 Å². The van der Waals surface area contributed by atoms with Gasteiger partial charge in [0.2, 0.25) is 10.0 Å². The second kappa shape index (κ2) is 7.92. The van der Waals surface area contributed by atoms with Gasteiger partial charge in [-0.2, -0.15) is 0 Å². The summed E-state index contributed by atoms with van der Waals surface area (Å²) in [4.78, 5) is 2.32. The molecule has 1 aliphatic heterocycles. The van der Waals surface area contributed by atoms with Gasteiger partial charge >= 0.3 is 0 Å². The van der Waals surface area contributed by atoms with Crippen LogP contribution in [0.2, 0.25) is 0 Å². The number of furan rings is 1. The third kappa shape index (κ3) is 6.31. The Hall–Kier alpha value is -1.15. The molecule has 1 aromatic rings. The van der Waals surface area contributed by atoms with Crippen molar-refractivity contribution in [3.8, 4) is 0 Å². The Balaban J connectivity index is 1.78. The Morgan fingerprint density at radius 2 is 2.36 bits per heavy atom. The van der Waals surface area contributed by atoms with Gasteiger partial charge in [-0.05, 0) is 31.6 Å². The molecular weight excluding hydrogens is 304 g/mol. The van der Waals surface area contributed by atoms with Crippen LogP contribution in [0.3, 0.4) is 0 Å². The Morgan fingerprint density at radius 3 is 3.05 bits per heavy atom. The molecule has 0 radical (unpaired) electrons. The van der Waals surface area contributed by atoms with Gasteiger partial charge in [0.25, 0.3) is 0 Å². The zero-order chi connectivity index (χ0) is 16.0. The van der Waals surface area contributed by atoms with Crippen molar-refractivity contribution in [3.63, 3.8) is 0 Å². The lowest BCUT2D eigenvalue weighted by molar-refractivity contribution is -0.0279. The fourth-order valence-corrected chi connectivity index (χ4v) is 3.01. The van der Waals surface area contributed by atoms with E-state index in [2.05, 4.69) is 16.5 Å². The van der Waals surface area contributed by atoms with Crippen molar-refractivity contribution < 1.29 is 17.6 Å². The van der Waals surface area contributed by atoms with E-state index in [1.165, 1.54) is 11.8 Å². The second-order valence-corrected chi connectivity index (χ2v) is 7.52. The van der Waals surface area contributed by atoms with Crippen LogP contribution in [-0.4, -0.2) is 58.5 Å². The van der Waals surface area contributed by atoms with Gasteiger partial charge < -0.3 is 9.15 Å². The lowest BCUT2D eigenvalue weighted by Crippen LogP contribution is -2.44. The summed E-state index contributed by atoms with van der Waals surface area (Å²) in [6.07, 6.45) is 5.63. The summed E-state index contributed by atoms with van der Waals surface area (Å²) in [5.41, 5.74) is 1.23. The highest BCUT2D eigenvalue weighted by atomic mass is 32.2. The van der Waals surface area contributed by atoms with E-state index in [0.29, 0.717) is 19.6 Å². The fourth-order valence-electron chi connectivity index (χ4n) is 2.52. The van der Waals surface area contributed by atoms with Crippen LogP contribution in [-0.2, 0) is 14.8 Å². The monoisotopic (exact) mass is 328 g/mol. The van der Waals surface area contributed by atoms with Crippen LogP contribution in [0.1, 0.15) is 19.1 Å². The summed E-state index contributed by atoms with van der Waals surface area (Å²) in [5.74, 6) is 0.861. The zero-order valence-corrected chi connectivity index (χ0v) is 13.9. The van der Waals surface area contributed by atoms with E-state index in [-0.39, 0.29) is 6.10 Å². The molecule has 1 N–H and O–H groups in total. The van der Waals surface area contributed by atoms with Crippen molar-refractivity contribution in [2.24, 2.45) is 0 Å². The highest BCUT2D eigenvalue weighted by molar-refractivity contribution is 7.88. The summed E-state index contributed by atoms with van der Waals surface area (Å²) in [6.45, 7) is 5.74. The third-order valence-corrected chi connectivity index (χ3v) is 4.19. The van der Waals surface area contributed by atoms with Crippen LogP contribution in [0, 0.1) is 0 Å². The maximum atomic E-state index is 11.1. The molecule has 0 aliphatic carbocycles. The van der Waals surface area contributed by atoms with Crippen molar-refractivity contribution in [1.29, 1.82) is 0 Å². The molecule has 6 nitrogen and oxygen atoms in total. The molecule has 0 saturated carbocycles. The van der Waals surface area contributed by atoms with Gasteiger partial charge in [0, 0.05) is 26.2 Å². The molecule has 2 rings (SSSR count). The Morgan fingerprint density at radius 1 is 1.55 bits per heavy atom. The molecule has 1 saturated heterocycles. The van der Waals surface area contributed by atoms with Gasteiger partial charge in [0.15, 0.2) is 0 Å². The molecule has 1 aromatic heterocycles. The van der Waals surface area contributed by atoms with Gasteiger partial charge in [-0.15, -0.1) is 0 Å². The average Bonchev–Trinajstić information content (AvgIpc) is 2.90. The van der Waals surface area contributed by atoms with E-state index in [0.717, 1.165) is 25.4 Å². The zero-order valence-electron chi connectivity index (χ0n) is 13.1. The first kappa shape index (κ1) is 17.2. The van der Waals surface area contributed by atoms with Crippen LogP contribution < -0.4 is 4.72 Å². The van der Waals surface area contributed by atoms with Crippen LogP contribution in [0.15, 0.2) is 28.4 Å². The Kier molecular flexibility index (Phi) is 6.19. The average molecular weight is 328 g/mol. The van der Waals surface area contributed by atoms with Crippen LogP contribution >= 0.6 is 0 Å². The minimum Gasteiger partial charge on any atom is -0.465 e. The maximum absolute atomic E-state index is 11.1. The van der Waals surface area contributed by atoms with Crippen LogP contribution in [0.5, 0.6) is 0 Å². The third-order valence-electron chi connectivity index (χ3n) is 3.46. The number of hydrogen-bond acceptors (Lipinski definition) is 5. The number of nitrogens with zero attached hydrogens (tertiary/aromatic N) is 1. The molecular formula is C15H24N2O4S. The summed E-state index contributed by atoms with van der Waals surface area (Å²) in [5, 5.41) is 0. The molecule has 0 amide bonds. The van der Waals surface area contributed by atoms with Crippen molar-refractivity contribution >= 4 is 16.1 Å². The minimum absolute atomic E-state index is 0.0689. The number of hydrogen-bond donors (Lipinski definition) is 1. The molecule has 1 atom stereocenters. The first-order valence-electron chi connectivity index (χ1n) is 7.41. The van der Waals surface area contributed by atoms with E-state index < -0.39 is 10.0 Å². The number of ether oxygens (including phenoxy) is 1. The molecule has 0 bridgehead atoms. The van der Waals surface area contributed by atoms with Crippen molar-refractivity contribution in [1.82, 2.24) is 9.62 Å². The standard InChI is InChI=1S/C15H24N2O4S/c1-13(10-14-4-3-8-20-14)11-17-7-9-21-15(12-17)5-6-16-22(2,18)19/h3-4,8,10,15-16H,5-7,9,11-12H2,1-2H3/b13-10+/t15-/m1/s1. The number of morpholine rings is 1. The molecule has 22 heavy (non-hydrogen) atoms. The number of rotatable bonds is 7. The molecule has 0 aromatic carbocycles. The van der Waals surface area contributed by atoms with Gasteiger partial charge in [-0.3, -0.25) is 4.90 Å². The van der Waals surface area contributed by atoms with E-state index >= 15 is 0 Å². The highest BCUT2D eigenvalue weighted by Crippen LogP contribution is 2.13. The second-order valence-electron chi connectivity index (χ2n) is 5.69. The summed E-state index contributed by atoms with van der Waals surface area (Å²) >= 11 is 0. The number of sulfonamides is 1. The highest BCUT2D eigenvalue weighted by Gasteiger charge is 2.20. The van der Waals surface area contributed by atoms with E-state index in [1.54, 1.807) is 6.26 Å². The SMILES string of the molecule is C/C(=C\c1ccco1)CN1CCO[C@H](CCNS(C)(=O)=O)C1. The Labute approximate surface area is 132 Å². The first-order chi connectivity index (χ1) is 10.4. The lowest BCUT2D eigenvalue weighted by atomic mass is 10.1. The Bertz CT molecular complexity index is 581. The molecule has 7 heteroatoms. The predicted octanol–water partition coefficient (Wildman–Crippen LogP) is 1.32. The van der Waals surface area contributed by atoms with Gasteiger partial charge in [-0.25, -0.2) is 13.1 Å². The summed E-state index contributed by atoms with van der Waals surface area (Å²) < 4.78 is 35.6. The van der Waals surface area contributed by atoms with E-state index in [9.17, 15) is 8.42 Å². The van der Waals surface area contributed by atoms with Crippen molar-refractivity contribution in [2.75, 3.05) is 39.0 Å². The maximum Gasteiger partial charge on any atom is 0.208 e. The van der Waals surface area contributed by atoms with Crippen molar-refractivity contribution in [2.45, 2.75) is 19.4 Å². The minimum atomic E-state index is -3.13.